The van der Waals surface area contributed by atoms with Gasteiger partial charge in [0.15, 0.2) is 11.6 Å². The van der Waals surface area contributed by atoms with E-state index in [9.17, 15) is 9.50 Å². The van der Waals surface area contributed by atoms with Crippen LogP contribution in [-0.4, -0.2) is 50.8 Å². The Morgan fingerprint density at radius 2 is 2.05 bits per heavy atom. The monoisotopic (exact) mass is 301 g/mol. The summed E-state index contributed by atoms with van der Waals surface area (Å²) in [5.41, 5.74) is 0.579. The molecule has 120 valence electrons. The quantitative estimate of drug-likeness (QED) is 0.648. The van der Waals surface area contributed by atoms with Crippen molar-refractivity contribution in [1.82, 2.24) is 0 Å². The lowest BCUT2D eigenvalue weighted by Crippen LogP contribution is -2.26. The fraction of sp³-hybridized carbons (Fsp3) is 0.600. The predicted octanol–water partition coefficient (Wildman–Crippen LogP) is 2.05. The zero-order valence-corrected chi connectivity index (χ0v) is 12.8. The summed E-state index contributed by atoms with van der Waals surface area (Å²) in [6, 6.07) is 4.54. The van der Waals surface area contributed by atoms with Crippen LogP contribution in [0.25, 0.3) is 0 Å². The average Bonchev–Trinajstić information content (AvgIpc) is 2.44. The fourth-order valence-electron chi connectivity index (χ4n) is 1.63. The number of benzene rings is 1. The maximum Gasteiger partial charge on any atom is 0.167 e. The number of methoxy groups -OCH3 is 1. The van der Waals surface area contributed by atoms with E-state index in [4.69, 9.17) is 14.2 Å². The molecule has 0 saturated heterocycles. The second kappa shape index (κ2) is 9.55. The highest BCUT2D eigenvalue weighted by Crippen LogP contribution is 2.20. The van der Waals surface area contributed by atoms with Crippen molar-refractivity contribution in [2.24, 2.45) is 0 Å². The van der Waals surface area contributed by atoms with Crippen LogP contribution in [0, 0.1) is 5.82 Å². The molecule has 1 aromatic carbocycles. The van der Waals surface area contributed by atoms with E-state index < -0.39 is 11.9 Å². The molecule has 0 aromatic heterocycles. The summed E-state index contributed by atoms with van der Waals surface area (Å²) in [7, 11) is 1.41. The number of aliphatic hydroxyl groups is 1. The maximum atomic E-state index is 13.5. The fourth-order valence-corrected chi connectivity index (χ4v) is 1.63. The zero-order chi connectivity index (χ0) is 15.7. The van der Waals surface area contributed by atoms with Crippen LogP contribution in [0.4, 0.5) is 10.1 Å². The molecule has 1 unspecified atom stereocenters. The molecule has 1 rings (SSSR count). The number of anilines is 1. The number of halogens is 1. The van der Waals surface area contributed by atoms with Crippen molar-refractivity contribution < 1.29 is 23.7 Å². The molecule has 0 spiro atoms. The molecule has 2 N–H and O–H groups in total. The molecule has 0 aliphatic rings. The van der Waals surface area contributed by atoms with Gasteiger partial charge in [-0.25, -0.2) is 4.39 Å². The minimum atomic E-state index is -0.672. The van der Waals surface area contributed by atoms with E-state index >= 15 is 0 Å². The van der Waals surface area contributed by atoms with Gasteiger partial charge in [0.2, 0.25) is 0 Å². The van der Waals surface area contributed by atoms with Crippen LogP contribution in [0.1, 0.15) is 13.8 Å². The van der Waals surface area contributed by atoms with Gasteiger partial charge in [-0.1, -0.05) is 0 Å². The first-order valence-corrected chi connectivity index (χ1v) is 6.97. The minimum absolute atomic E-state index is 0.171. The van der Waals surface area contributed by atoms with Crippen molar-refractivity contribution in [3.05, 3.63) is 24.0 Å². The van der Waals surface area contributed by atoms with E-state index in [1.54, 1.807) is 6.07 Å². The molecule has 0 aliphatic carbocycles. The largest absolute Gasteiger partial charge is 0.494 e. The Morgan fingerprint density at radius 1 is 1.29 bits per heavy atom. The van der Waals surface area contributed by atoms with E-state index in [-0.39, 0.29) is 25.0 Å². The van der Waals surface area contributed by atoms with Gasteiger partial charge in [-0.15, -0.1) is 0 Å². The molecule has 0 fully saturated rings. The van der Waals surface area contributed by atoms with Crippen molar-refractivity contribution in [1.29, 1.82) is 0 Å². The van der Waals surface area contributed by atoms with E-state index in [1.165, 1.54) is 19.2 Å². The maximum absolute atomic E-state index is 13.5. The molecule has 1 atom stereocenters. The Hall–Kier alpha value is -1.37. The second-order valence-electron chi connectivity index (χ2n) is 4.88. The molecule has 6 heteroatoms. The Labute approximate surface area is 125 Å². The Kier molecular flexibility index (Phi) is 8.04. The minimum Gasteiger partial charge on any atom is -0.494 e. The SMILES string of the molecule is COc1ccc(NCC(O)COCCOC(C)C)cc1F. The predicted molar refractivity (Wildman–Crippen MR) is 79.4 cm³/mol. The van der Waals surface area contributed by atoms with E-state index in [2.05, 4.69) is 5.32 Å². The van der Waals surface area contributed by atoms with Crippen molar-refractivity contribution in [2.75, 3.05) is 38.8 Å². The number of hydrogen-bond acceptors (Lipinski definition) is 5. The average molecular weight is 301 g/mol. The van der Waals surface area contributed by atoms with Crippen molar-refractivity contribution in [3.8, 4) is 5.75 Å². The van der Waals surface area contributed by atoms with Crippen LogP contribution in [0.5, 0.6) is 5.75 Å². The van der Waals surface area contributed by atoms with Gasteiger partial charge >= 0.3 is 0 Å². The first-order chi connectivity index (χ1) is 10.0. The molecule has 0 saturated carbocycles. The van der Waals surface area contributed by atoms with Crippen LogP contribution in [0.15, 0.2) is 18.2 Å². The highest BCUT2D eigenvalue weighted by molar-refractivity contribution is 5.47. The summed E-state index contributed by atoms with van der Waals surface area (Å²) < 4.78 is 28.9. The van der Waals surface area contributed by atoms with Gasteiger partial charge in [0.25, 0.3) is 0 Å². The molecule has 0 bridgehead atoms. The summed E-state index contributed by atoms with van der Waals surface area (Å²) in [5, 5.41) is 12.7. The number of rotatable bonds is 10. The van der Waals surface area contributed by atoms with Gasteiger partial charge in [0, 0.05) is 18.3 Å². The first kappa shape index (κ1) is 17.7. The van der Waals surface area contributed by atoms with Crippen LogP contribution >= 0.6 is 0 Å². The van der Waals surface area contributed by atoms with Gasteiger partial charge in [-0.05, 0) is 26.0 Å². The van der Waals surface area contributed by atoms with Crippen LogP contribution < -0.4 is 10.1 Å². The standard InChI is InChI=1S/C15H24FNO4/c1-11(2)21-7-6-20-10-13(18)9-17-12-4-5-15(19-3)14(16)8-12/h4-5,8,11,13,17-18H,6-7,9-10H2,1-3H3. The van der Waals surface area contributed by atoms with Crippen molar-refractivity contribution in [3.63, 3.8) is 0 Å². The molecule has 0 radical (unpaired) electrons. The van der Waals surface area contributed by atoms with E-state index in [0.717, 1.165) is 0 Å². The topological polar surface area (TPSA) is 60.0 Å². The number of hydrogen-bond donors (Lipinski definition) is 2. The van der Waals surface area contributed by atoms with E-state index in [0.29, 0.717) is 18.9 Å². The molecule has 0 heterocycles. The molecule has 0 aliphatic heterocycles. The number of aliphatic hydroxyl groups excluding tert-OH is 1. The zero-order valence-electron chi connectivity index (χ0n) is 12.8. The molecule has 5 nitrogen and oxygen atoms in total. The summed E-state index contributed by atoms with van der Waals surface area (Å²) in [5.74, 6) is -0.256. The van der Waals surface area contributed by atoms with Gasteiger partial charge in [0.1, 0.15) is 0 Å². The molecule has 0 amide bonds. The summed E-state index contributed by atoms with van der Waals surface area (Å²) in [4.78, 5) is 0. The Morgan fingerprint density at radius 3 is 2.67 bits per heavy atom. The van der Waals surface area contributed by atoms with Gasteiger partial charge in [-0.2, -0.15) is 0 Å². The molecule has 21 heavy (non-hydrogen) atoms. The Bertz CT molecular complexity index is 415. The van der Waals surface area contributed by atoms with Gasteiger partial charge in [-0.3, -0.25) is 0 Å². The van der Waals surface area contributed by atoms with Crippen molar-refractivity contribution in [2.45, 2.75) is 26.1 Å². The summed E-state index contributed by atoms with van der Waals surface area (Å²) >= 11 is 0. The second-order valence-corrected chi connectivity index (χ2v) is 4.88. The molecular formula is C15H24FNO4. The van der Waals surface area contributed by atoms with Crippen molar-refractivity contribution >= 4 is 5.69 Å². The van der Waals surface area contributed by atoms with Crippen LogP contribution in [-0.2, 0) is 9.47 Å². The number of ether oxygens (including phenoxy) is 3. The highest BCUT2D eigenvalue weighted by Gasteiger charge is 2.07. The van der Waals surface area contributed by atoms with Crippen LogP contribution in [0.3, 0.4) is 0 Å². The Balaban J connectivity index is 2.20. The number of nitrogens with one attached hydrogen (secondary N) is 1. The molecule has 1 aromatic rings. The van der Waals surface area contributed by atoms with Gasteiger partial charge in [0.05, 0.1) is 39.1 Å². The third-order valence-electron chi connectivity index (χ3n) is 2.68. The molecular weight excluding hydrogens is 277 g/mol. The normalized spacial score (nSPS) is 12.5. The highest BCUT2D eigenvalue weighted by atomic mass is 19.1. The lowest BCUT2D eigenvalue weighted by Gasteiger charge is -2.14. The van der Waals surface area contributed by atoms with E-state index in [1.807, 2.05) is 13.8 Å². The third kappa shape index (κ3) is 7.27. The lowest BCUT2D eigenvalue weighted by atomic mass is 10.2. The smallest absolute Gasteiger partial charge is 0.167 e. The summed E-state index contributed by atoms with van der Waals surface area (Å²) in [6.45, 7) is 5.32. The first-order valence-electron chi connectivity index (χ1n) is 6.97. The van der Waals surface area contributed by atoms with Gasteiger partial charge < -0.3 is 24.6 Å². The summed E-state index contributed by atoms with van der Waals surface area (Å²) in [6.07, 6.45) is -0.501. The lowest BCUT2D eigenvalue weighted by molar-refractivity contribution is -0.00734. The third-order valence-corrected chi connectivity index (χ3v) is 2.68. The van der Waals surface area contributed by atoms with Crippen LogP contribution in [0.2, 0.25) is 0 Å².